The zero-order valence-corrected chi connectivity index (χ0v) is 8.76. The maximum atomic E-state index is 10.9. The van der Waals surface area contributed by atoms with Crippen molar-refractivity contribution in [1.82, 2.24) is 0 Å². The van der Waals surface area contributed by atoms with Crippen LogP contribution >= 0.6 is 0 Å². The Balaban J connectivity index is 2.73. The van der Waals surface area contributed by atoms with Gasteiger partial charge in [-0.05, 0) is 19.3 Å². The van der Waals surface area contributed by atoms with Crippen molar-refractivity contribution < 1.29 is 16.8 Å². The first-order valence-electron chi connectivity index (χ1n) is 4.06. The zero-order chi connectivity index (χ0) is 10.1. The van der Waals surface area contributed by atoms with Crippen LogP contribution in [0.15, 0.2) is 0 Å². The molecule has 0 aromatic heterocycles. The third kappa shape index (κ3) is 2.92. The minimum Gasteiger partial charge on any atom is -0.232 e. The van der Waals surface area contributed by atoms with Gasteiger partial charge in [0.25, 0.3) is 0 Å². The maximum absolute atomic E-state index is 10.9. The van der Waals surface area contributed by atoms with E-state index in [0.717, 1.165) is 0 Å². The van der Waals surface area contributed by atoms with Gasteiger partial charge < -0.3 is 0 Å². The van der Waals surface area contributed by atoms with E-state index >= 15 is 0 Å². The van der Waals surface area contributed by atoms with Gasteiger partial charge in [0.2, 0.25) is 10.0 Å². The molecule has 0 saturated heterocycles. The molecule has 2 unspecified atom stereocenters. The number of primary sulfonamides is 1. The summed E-state index contributed by atoms with van der Waals surface area (Å²) in [5.74, 6) is 0. The van der Waals surface area contributed by atoms with Crippen LogP contribution in [0.25, 0.3) is 0 Å². The highest BCUT2D eigenvalue weighted by Crippen LogP contribution is 2.24. The minimum absolute atomic E-state index is 0.164. The van der Waals surface area contributed by atoms with Gasteiger partial charge in [-0.15, -0.1) is 0 Å². The van der Waals surface area contributed by atoms with Gasteiger partial charge in [-0.1, -0.05) is 6.42 Å². The molecule has 13 heavy (non-hydrogen) atoms. The molecule has 0 amide bonds. The summed E-state index contributed by atoms with van der Waals surface area (Å²) in [4.78, 5) is 0. The monoisotopic (exact) mass is 227 g/mol. The molecule has 1 rings (SSSR count). The van der Waals surface area contributed by atoms with Crippen molar-refractivity contribution in [3.05, 3.63) is 0 Å². The Kier molecular flexibility index (Phi) is 3.31. The quantitative estimate of drug-likeness (QED) is 0.604. The van der Waals surface area contributed by atoms with Crippen LogP contribution in [0.3, 0.4) is 0 Å². The third-order valence-electron chi connectivity index (χ3n) is 2.36. The fourth-order valence-electron chi connectivity index (χ4n) is 1.61. The summed E-state index contributed by atoms with van der Waals surface area (Å²) in [5, 5.41) is 3.77. The molecule has 1 saturated carbocycles. The average molecular weight is 227 g/mol. The Morgan fingerprint density at radius 1 is 1.23 bits per heavy atom. The van der Waals surface area contributed by atoms with E-state index in [1.165, 1.54) is 0 Å². The highest BCUT2D eigenvalue weighted by molar-refractivity contribution is 7.89. The largest absolute Gasteiger partial charge is 0.232 e. The lowest BCUT2D eigenvalue weighted by Crippen LogP contribution is -2.35. The van der Waals surface area contributed by atoms with Gasteiger partial charge in [-0.2, -0.15) is 0 Å². The molecule has 5 nitrogen and oxygen atoms in total. The number of hydrogen-bond donors (Lipinski definition) is 2. The molecule has 0 heterocycles. The molecule has 0 bridgehead atoms. The summed E-state index contributed by atoms with van der Waals surface area (Å²) >= 11 is 0. The first-order valence-corrected chi connectivity index (χ1v) is 6.92. The molecular weight excluding hydrogens is 214 g/mol. The lowest BCUT2D eigenvalue weighted by molar-refractivity contribution is 0.478. The molecule has 1 aliphatic rings. The van der Waals surface area contributed by atoms with Gasteiger partial charge in [0.15, 0.2) is 0 Å². The van der Waals surface area contributed by atoms with E-state index in [0.29, 0.717) is 19.3 Å². The number of nitrogens with two attached hydrogens (primary N) is 1. The summed E-state index contributed by atoms with van der Waals surface area (Å²) in [6.07, 6.45) is 1.83. The Morgan fingerprint density at radius 2 is 1.85 bits per heavy atom. The second kappa shape index (κ2) is 3.93. The van der Waals surface area contributed by atoms with E-state index < -0.39 is 31.2 Å². The molecular formula is C6H13NO4S2. The Morgan fingerprint density at radius 3 is 2.31 bits per heavy atom. The van der Waals surface area contributed by atoms with Crippen LogP contribution in [0.2, 0.25) is 0 Å². The minimum atomic E-state index is -3.56. The zero-order valence-electron chi connectivity index (χ0n) is 7.05. The average Bonchev–Trinajstić information content (AvgIpc) is 2.03. The molecule has 0 spiro atoms. The molecule has 1 aliphatic carbocycles. The van der Waals surface area contributed by atoms with Gasteiger partial charge in [0.05, 0.1) is 10.5 Å². The molecule has 1 fully saturated rings. The first kappa shape index (κ1) is 10.9. The number of sulfonamides is 1. The van der Waals surface area contributed by atoms with Crippen LogP contribution in [0.4, 0.5) is 0 Å². The van der Waals surface area contributed by atoms with E-state index in [1.54, 1.807) is 0 Å². The van der Waals surface area contributed by atoms with E-state index in [-0.39, 0.29) is 6.42 Å². The number of rotatable bonds is 2. The van der Waals surface area contributed by atoms with Crippen LogP contribution in [0.1, 0.15) is 25.7 Å². The van der Waals surface area contributed by atoms with Crippen LogP contribution in [-0.2, 0) is 20.7 Å². The second-order valence-corrected chi connectivity index (χ2v) is 6.46. The first-order chi connectivity index (χ1) is 5.91. The van der Waals surface area contributed by atoms with Crippen molar-refractivity contribution in [2.75, 3.05) is 0 Å². The van der Waals surface area contributed by atoms with Crippen molar-refractivity contribution in [2.45, 2.75) is 36.2 Å². The van der Waals surface area contributed by atoms with Gasteiger partial charge in [-0.25, -0.2) is 22.0 Å². The van der Waals surface area contributed by atoms with E-state index in [4.69, 9.17) is 5.14 Å². The Labute approximate surface area is 79.3 Å². The van der Waals surface area contributed by atoms with Crippen molar-refractivity contribution in [2.24, 2.45) is 5.14 Å². The summed E-state index contributed by atoms with van der Waals surface area (Å²) < 4.78 is 43.1. The number of thiol groups is 1. The van der Waals surface area contributed by atoms with E-state index in [1.807, 2.05) is 0 Å². The van der Waals surface area contributed by atoms with Crippen LogP contribution < -0.4 is 5.14 Å². The normalized spacial score (nSPS) is 30.6. The van der Waals surface area contributed by atoms with Gasteiger partial charge >= 0.3 is 0 Å². The van der Waals surface area contributed by atoms with Gasteiger partial charge in [-0.3, -0.25) is 0 Å². The SMILES string of the molecule is NS(=O)(=O)C1CCCC([SH](=O)=O)C1. The van der Waals surface area contributed by atoms with Gasteiger partial charge in [0.1, 0.15) is 10.7 Å². The Hall–Kier alpha value is -0.140. The number of hydrogen-bond acceptors (Lipinski definition) is 4. The third-order valence-corrected chi connectivity index (χ3v) is 4.78. The predicted molar refractivity (Wildman–Crippen MR) is 49.5 cm³/mol. The molecule has 2 N–H and O–H groups in total. The smallest absolute Gasteiger partial charge is 0.212 e. The predicted octanol–water partition coefficient (Wildman–Crippen LogP) is -0.802. The Bertz CT molecular complexity index is 338. The highest BCUT2D eigenvalue weighted by Gasteiger charge is 2.30. The standard InChI is InChI=1S/C6H13NO4S2/c7-13(10,11)6-3-1-2-5(4-6)12(8)9/h5-6,12H,1-4H2,(H2,7,10,11). The van der Waals surface area contributed by atoms with Crippen molar-refractivity contribution in [3.63, 3.8) is 0 Å². The molecule has 0 aliphatic heterocycles. The van der Waals surface area contributed by atoms with Crippen molar-refractivity contribution in [1.29, 1.82) is 0 Å². The molecule has 7 heteroatoms. The molecule has 0 aromatic rings. The lowest BCUT2D eigenvalue weighted by atomic mass is 10.00. The summed E-state index contributed by atoms with van der Waals surface area (Å²) in [7, 11) is -6.07. The summed E-state index contributed by atoms with van der Waals surface area (Å²) in [5.41, 5.74) is 0. The van der Waals surface area contributed by atoms with Crippen LogP contribution in [0, 0.1) is 0 Å². The molecule has 0 radical (unpaired) electrons. The highest BCUT2D eigenvalue weighted by atomic mass is 32.2. The molecule has 78 valence electrons. The fraction of sp³-hybridized carbons (Fsp3) is 1.00. The topological polar surface area (TPSA) is 94.3 Å². The maximum Gasteiger partial charge on any atom is 0.212 e. The fourth-order valence-corrected chi connectivity index (χ4v) is 3.57. The van der Waals surface area contributed by atoms with Gasteiger partial charge in [0, 0.05) is 0 Å². The van der Waals surface area contributed by atoms with Crippen LogP contribution in [0.5, 0.6) is 0 Å². The molecule has 2 atom stereocenters. The summed E-state index contributed by atoms with van der Waals surface area (Å²) in [6, 6.07) is 0. The van der Waals surface area contributed by atoms with Crippen molar-refractivity contribution >= 4 is 20.7 Å². The second-order valence-electron chi connectivity index (χ2n) is 3.32. The van der Waals surface area contributed by atoms with Crippen molar-refractivity contribution in [3.8, 4) is 0 Å². The lowest BCUT2D eigenvalue weighted by Gasteiger charge is -2.23. The summed E-state index contributed by atoms with van der Waals surface area (Å²) in [6.45, 7) is 0. The molecule has 0 aromatic carbocycles. The van der Waals surface area contributed by atoms with E-state index in [9.17, 15) is 16.8 Å². The van der Waals surface area contributed by atoms with E-state index in [2.05, 4.69) is 0 Å². The van der Waals surface area contributed by atoms with Crippen LogP contribution in [-0.4, -0.2) is 27.3 Å².